The molecule has 1 saturated heterocycles. The van der Waals surface area contributed by atoms with Crippen molar-refractivity contribution in [2.45, 2.75) is 6.92 Å². The first-order valence-corrected chi connectivity index (χ1v) is 6.08. The Balaban J connectivity index is 2.37. The largest absolute Gasteiger partial charge is 0.462 e. The van der Waals surface area contributed by atoms with Crippen LogP contribution in [0.4, 0.5) is 0 Å². The van der Waals surface area contributed by atoms with E-state index < -0.39 is 0 Å². The van der Waals surface area contributed by atoms with Crippen molar-refractivity contribution in [2.75, 3.05) is 46.8 Å². The average molecular weight is 185 g/mol. The Morgan fingerprint density at radius 1 is 1.08 bits per heavy atom. The summed E-state index contributed by atoms with van der Waals surface area (Å²) in [5.74, 6) is 0. The number of nitrogens with zero attached hydrogens (tertiary/aromatic N) is 3. The fourth-order valence-corrected chi connectivity index (χ4v) is 2.95. The molecule has 0 saturated carbocycles. The van der Waals surface area contributed by atoms with E-state index in [2.05, 4.69) is 33.7 Å². The zero-order chi connectivity index (χ0) is 8.97. The first-order valence-electron chi connectivity index (χ1n) is 4.82. The van der Waals surface area contributed by atoms with Gasteiger partial charge < -0.3 is 12.7 Å². The Labute approximate surface area is 82.5 Å². The van der Waals surface area contributed by atoms with E-state index in [9.17, 15) is 0 Å². The van der Waals surface area contributed by atoms with E-state index >= 15 is 0 Å². The number of likely N-dealkylation sites (N-methyl/N-ethyl adjacent to an activating group) is 3. The molecule has 0 aromatic heterocycles. The molecule has 0 N–H and O–H groups in total. The third kappa shape index (κ3) is 3.42. The molecule has 0 aliphatic carbocycles. The lowest BCUT2D eigenvalue weighted by Gasteiger charge is -2.32. The maximum atomic E-state index is 2.62. The van der Waals surface area contributed by atoms with Gasteiger partial charge in [-0.25, -0.2) is 0 Å². The first-order chi connectivity index (χ1) is 5.72. The maximum absolute atomic E-state index is 2.62. The van der Waals surface area contributed by atoms with E-state index in [1.54, 1.807) is 0 Å². The molecule has 0 aromatic carbocycles. The number of hydrogen-bond donors (Lipinski definition) is 0. The van der Waals surface area contributed by atoms with Crippen molar-refractivity contribution >= 4 is 15.7 Å². The van der Waals surface area contributed by atoms with Crippen LogP contribution in [0, 0.1) is 0 Å². The highest BCUT2D eigenvalue weighted by atomic mass is 27.1. The van der Waals surface area contributed by atoms with E-state index in [1.165, 1.54) is 32.7 Å². The van der Waals surface area contributed by atoms with Crippen molar-refractivity contribution in [3.63, 3.8) is 0 Å². The molecule has 0 bridgehead atoms. The van der Waals surface area contributed by atoms with E-state index in [-0.39, 0.29) is 15.7 Å². The van der Waals surface area contributed by atoms with Crippen LogP contribution in [0.2, 0.25) is 0 Å². The van der Waals surface area contributed by atoms with Gasteiger partial charge in [-0.05, 0) is 33.7 Å². The summed E-state index contributed by atoms with van der Waals surface area (Å²) in [6, 6.07) is 0. The van der Waals surface area contributed by atoms with Gasteiger partial charge in [0.2, 0.25) is 0 Å². The molecule has 0 spiro atoms. The highest BCUT2D eigenvalue weighted by molar-refractivity contribution is 6.28. The predicted molar refractivity (Wildman–Crippen MR) is 54.5 cm³/mol. The van der Waals surface area contributed by atoms with E-state index in [4.69, 9.17) is 0 Å². The van der Waals surface area contributed by atoms with Crippen LogP contribution >= 0.6 is 0 Å². The minimum absolute atomic E-state index is 0.0928. The summed E-state index contributed by atoms with van der Waals surface area (Å²) in [4.78, 5) is 2.42. The van der Waals surface area contributed by atoms with Crippen LogP contribution in [-0.4, -0.2) is 75.1 Å². The summed E-state index contributed by atoms with van der Waals surface area (Å²) >= 11 is -0.0928. The van der Waals surface area contributed by atoms with Gasteiger partial charge in [0.25, 0.3) is 0 Å². The standard InChI is InChI=1S/C8H19N3.Al.H/c1-4-10-6-8-11(3)7-5-9-2;;/h4-8H2,1-3H3;;/q-2;+2;. The molecule has 1 aliphatic heterocycles. The van der Waals surface area contributed by atoms with Crippen molar-refractivity contribution in [2.24, 2.45) is 0 Å². The molecule has 0 unspecified atom stereocenters. The molecule has 1 aliphatic rings. The zero-order valence-electron chi connectivity index (χ0n) is 8.58. The fraction of sp³-hybridized carbons (Fsp3) is 1.00. The average Bonchev–Trinajstić information content (AvgIpc) is 2.06. The van der Waals surface area contributed by atoms with Crippen molar-refractivity contribution in [3.05, 3.63) is 0 Å². The topological polar surface area (TPSA) is 9.72 Å². The molecule has 1 fully saturated rings. The number of hydrogen-bond acceptors (Lipinski definition) is 3. The molecule has 0 radical (unpaired) electrons. The van der Waals surface area contributed by atoms with Crippen LogP contribution in [0.1, 0.15) is 6.92 Å². The highest BCUT2D eigenvalue weighted by Gasteiger charge is 2.15. The Morgan fingerprint density at radius 2 is 1.75 bits per heavy atom. The van der Waals surface area contributed by atoms with Gasteiger partial charge in [0.1, 0.15) is 0 Å². The second kappa shape index (κ2) is 5.21. The van der Waals surface area contributed by atoms with Crippen LogP contribution in [0.3, 0.4) is 0 Å². The lowest BCUT2D eigenvalue weighted by Crippen LogP contribution is -2.48. The third-order valence-electron chi connectivity index (χ3n) is 2.55. The molecule has 70 valence electrons. The monoisotopic (exact) mass is 185 g/mol. The summed E-state index contributed by atoms with van der Waals surface area (Å²) in [5.41, 5.74) is 0. The second-order valence-corrected chi connectivity index (χ2v) is 5.99. The van der Waals surface area contributed by atoms with Crippen molar-refractivity contribution in [1.82, 2.24) is 12.7 Å². The second-order valence-electron chi connectivity index (χ2n) is 3.74. The molecule has 1 heterocycles. The molecular weight excluding hydrogens is 165 g/mol. The summed E-state index contributed by atoms with van der Waals surface area (Å²) in [6.07, 6.45) is 0. The SMILES string of the molecule is CC[N]1CCN(C)CC[N](C)[AlH]1. The van der Waals surface area contributed by atoms with E-state index in [0.29, 0.717) is 0 Å². The molecule has 4 heteroatoms. The predicted octanol–water partition coefficient (Wildman–Crippen LogP) is -0.548. The van der Waals surface area contributed by atoms with E-state index in [1.807, 2.05) is 0 Å². The minimum Gasteiger partial charge on any atom is -0.376 e. The van der Waals surface area contributed by atoms with Gasteiger partial charge in [-0.1, -0.05) is 6.92 Å². The van der Waals surface area contributed by atoms with Crippen LogP contribution in [0.15, 0.2) is 0 Å². The Morgan fingerprint density at radius 3 is 2.42 bits per heavy atom. The molecule has 0 atom stereocenters. The van der Waals surface area contributed by atoms with Crippen LogP contribution in [0.5, 0.6) is 0 Å². The maximum Gasteiger partial charge on any atom is 0.462 e. The first kappa shape index (κ1) is 10.5. The highest BCUT2D eigenvalue weighted by Crippen LogP contribution is 1.95. The fourth-order valence-electron chi connectivity index (χ4n) is 1.51. The van der Waals surface area contributed by atoms with Gasteiger partial charge in [-0.2, -0.15) is 0 Å². The van der Waals surface area contributed by atoms with Crippen LogP contribution in [-0.2, 0) is 0 Å². The lowest BCUT2D eigenvalue weighted by molar-refractivity contribution is 0.252. The number of rotatable bonds is 1. The molecule has 3 nitrogen and oxygen atoms in total. The third-order valence-corrected chi connectivity index (χ3v) is 4.51. The molecule has 12 heavy (non-hydrogen) atoms. The summed E-state index contributed by atoms with van der Waals surface area (Å²) < 4.78 is 5.15. The quantitative estimate of drug-likeness (QED) is 0.508. The van der Waals surface area contributed by atoms with Gasteiger partial charge in [0.15, 0.2) is 0 Å². The van der Waals surface area contributed by atoms with Gasteiger partial charge in [-0.15, -0.1) is 0 Å². The van der Waals surface area contributed by atoms with Crippen molar-refractivity contribution < 1.29 is 0 Å². The normalized spacial score (nSPS) is 24.6. The van der Waals surface area contributed by atoms with E-state index in [0.717, 1.165) is 0 Å². The van der Waals surface area contributed by atoms with Gasteiger partial charge in [-0.3, -0.25) is 0 Å². The zero-order valence-corrected chi connectivity index (χ0v) is 10.00. The van der Waals surface area contributed by atoms with Gasteiger partial charge in [0.05, 0.1) is 0 Å². The summed E-state index contributed by atoms with van der Waals surface area (Å²) in [6.45, 7) is 8.49. The Hall–Kier alpha value is 0.412. The van der Waals surface area contributed by atoms with Crippen molar-refractivity contribution in [3.8, 4) is 0 Å². The van der Waals surface area contributed by atoms with Gasteiger partial charge in [0, 0.05) is 13.1 Å². The van der Waals surface area contributed by atoms with Gasteiger partial charge >= 0.3 is 15.7 Å². The summed E-state index contributed by atoms with van der Waals surface area (Å²) in [5, 5.41) is 0. The molecule has 0 amide bonds. The Bertz CT molecular complexity index is 131. The summed E-state index contributed by atoms with van der Waals surface area (Å²) in [7, 11) is 4.47. The van der Waals surface area contributed by atoms with Crippen LogP contribution in [0.25, 0.3) is 0 Å². The van der Waals surface area contributed by atoms with Crippen molar-refractivity contribution in [1.29, 1.82) is 0 Å². The molecular formula is C8H20AlN3. The molecule has 0 aromatic rings. The lowest BCUT2D eigenvalue weighted by atomic mass is 10.5. The molecule has 1 rings (SSSR count). The van der Waals surface area contributed by atoms with Crippen LogP contribution < -0.4 is 0 Å². The minimum atomic E-state index is -0.0928. The Kier molecular flexibility index (Phi) is 4.55. The smallest absolute Gasteiger partial charge is 0.376 e.